The third-order valence-corrected chi connectivity index (χ3v) is 4.01. The van der Waals surface area contributed by atoms with Gasteiger partial charge in [-0.25, -0.2) is 13.4 Å². The molecule has 0 amide bonds. The number of rotatable bonds is 5. The summed E-state index contributed by atoms with van der Waals surface area (Å²) in [5, 5.41) is 8.40. The molecular formula is C8H12ClN3O5S. The molecule has 1 rings (SSSR count). The number of aromatic nitrogens is 2. The maximum atomic E-state index is 11.9. The van der Waals surface area contributed by atoms with Crippen molar-refractivity contribution >= 4 is 27.6 Å². The van der Waals surface area contributed by atoms with Crippen LogP contribution in [-0.2, 0) is 26.6 Å². The lowest BCUT2D eigenvalue weighted by atomic mass is 10.3. The Bertz CT molecular complexity index is 541. The van der Waals surface area contributed by atoms with Crippen LogP contribution < -0.4 is 4.72 Å². The second kappa shape index (κ2) is 5.65. The standard InChI is InChI=1S/C8H12ClN3O5S/c1-12-4-10-7(6(12)9)18(15,16)11-5(3-13)8(14)17-2/h4-5,11,13H,3H2,1-2H3. The van der Waals surface area contributed by atoms with E-state index in [2.05, 4.69) is 9.72 Å². The summed E-state index contributed by atoms with van der Waals surface area (Å²) in [7, 11) is -1.52. The summed E-state index contributed by atoms with van der Waals surface area (Å²) >= 11 is 5.74. The minimum absolute atomic E-state index is 0.107. The second-order valence-electron chi connectivity index (χ2n) is 3.33. The number of carbonyl (C=O) groups excluding carboxylic acids is 1. The third kappa shape index (κ3) is 2.99. The molecule has 0 aliphatic heterocycles. The van der Waals surface area contributed by atoms with Crippen molar-refractivity contribution in [2.75, 3.05) is 13.7 Å². The lowest BCUT2D eigenvalue weighted by molar-refractivity contribution is -0.143. The maximum absolute atomic E-state index is 11.9. The van der Waals surface area contributed by atoms with Gasteiger partial charge in [-0.1, -0.05) is 11.6 Å². The number of methoxy groups -OCH3 is 1. The molecule has 1 unspecified atom stereocenters. The van der Waals surface area contributed by atoms with Crippen LogP contribution in [0.4, 0.5) is 0 Å². The quantitative estimate of drug-likeness (QED) is 0.667. The molecule has 0 spiro atoms. The van der Waals surface area contributed by atoms with Crippen LogP contribution in [0.5, 0.6) is 0 Å². The summed E-state index contributed by atoms with van der Waals surface area (Å²) < 4.78 is 31.3. The van der Waals surface area contributed by atoms with Crippen molar-refractivity contribution in [2.24, 2.45) is 7.05 Å². The predicted octanol–water partition coefficient (Wildman–Crippen LogP) is -1.11. The number of halogens is 1. The van der Waals surface area contributed by atoms with Gasteiger partial charge in [0.25, 0.3) is 10.0 Å². The molecule has 1 aromatic rings. The highest BCUT2D eigenvalue weighted by Crippen LogP contribution is 2.18. The molecule has 0 aromatic carbocycles. The fourth-order valence-corrected chi connectivity index (χ4v) is 2.73. The van der Waals surface area contributed by atoms with Crippen molar-refractivity contribution in [3.8, 4) is 0 Å². The number of nitrogens with one attached hydrogen (secondary N) is 1. The lowest BCUT2D eigenvalue weighted by Gasteiger charge is -2.13. The zero-order valence-electron chi connectivity index (χ0n) is 9.62. The molecule has 1 aromatic heterocycles. The number of aliphatic hydroxyl groups is 1. The Balaban J connectivity index is 3.01. The second-order valence-corrected chi connectivity index (χ2v) is 5.32. The number of sulfonamides is 1. The lowest BCUT2D eigenvalue weighted by Crippen LogP contribution is -2.44. The number of aryl methyl sites for hydroxylation is 1. The van der Waals surface area contributed by atoms with Gasteiger partial charge in [-0.3, -0.25) is 4.79 Å². The van der Waals surface area contributed by atoms with E-state index in [-0.39, 0.29) is 5.15 Å². The minimum Gasteiger partial charge on any atom is -0.468 e. The van der Waals surface area contributed by atoms with E-state index in [9.17, 15) is 13.2 Å². The zero-order chi connectivity index (χ0) is 13.9. The van der Waals surface area contributed by atoms with Crippen molar-refractivity contribution in [1.29, 1.82) is 0 Å². The van der Waals surface area contributed by atoms with Gasteiger partial charge in [0, 0.05) is 7.05 Å². The van der Waals surface area contributed by atoms with E-state index in [0.29, 0.717) is 0 Å². The maximum Gasteiger partial charge on any atom is 0.326 e. The fraction of sp³-hybridized carbons (Fsp3) is 0.500. The number of aliphatic hydroxyl groups excluding tert-OH is 1. The molecule has 0 saturated carbocycles. The van der Waals surface area contributed by atoms with Crippen molar-refractivity contribution in [2.45, 2.75) is 11.1 Å². The molecule has 2 N–H and O–H groups in total. The van der Waals surface area contributed by atoms with E-state index in [1.54, 1.807) is 0 Å². The first-order chi connectivity index (χ1) is 8.33. The smallest absolute Gasteiger partial charge is 0.326 e. The summed E-state index contributed by atoms with van der Waals surface area (Å²) in [6, 6.07) is -1.40. The number of hydrogen-bond donors (Lipinski definition) is 2. The molecule has 0 saturated heterocycles. The van der Waals surface area contributed by atoms with E-state index < -0.39 is 33.7 Å². The Morgan fingerprint density at radius 3 is 2.72 bits per heavy atom. The average molecular weight is 298 g/mol. The predicted molar refractivity (Wildman–Crippen MR) is 61.4 cm³/mol. The van der Waals surface area contributed by atoms with Gasteiger partial charge in [0.15, 0.2) is 0 Å². The molecular weight excluding hydrogens is 286 g/mol. The van der Waals surface area contributed by atoms with Gasteiger partial charge in [-0.2, -0.15) is 4.72 Å². The van der Waals surface area contributed by atoms with Gasteiger partial charge in [-0.15, -0.1) is 0 Å². The third-order valence-electron chi connectivity index (χ3n) is 2.05. The topological polar surface area (TPSA) is 111 Å². The van der Waals surface area contributed by atoms with Crippen molar-refractivity contribution in [1.82, 2.24) is 14.3 Å². The van der Waals surface area contributed by atoms with E-state index in [0.717, 1.165) is 7.11 Å². The van der Waals surface area contributed by atoms with Crippen LogP contribution in [0.25, 0.3) is 0 Å². The SMILES string of the molecule is COC(=O)C(CO)NS(=O)(=O)c1ncn(C)c1Cl. The number of hydrogen-bond acceptors (Lipinski definition) is 6. The molecule has 0 aliphatic rings. The van der Waals surface area contributed by atoms with E-state index in [1.165, 1.54) is 17.9 Å². The molecule has 1 atom stereocenters. The van der Waals surface area contributed by atoms with Crippen LogP contribution in [0.3, 0.4) is 0 Å². The molecule has 1 heterocycles. The molecule has 0 fully saturated rings. The Kier molecular flexibility index (Phi) is 4.68. The van der Waals surface area contributed by atoms with E-state index >= 15 is 0 Å². The van der Waals surface area contributed by atoms with Crippen LogP contribution in [0, 0.1) is 0 Å². The van der Waals surface area contributed by atoms with E-state index in [4.69, 9.17) is 16.7 Å². The van der Waals surface area contributed by atoms with Crippen LogP contribution in [-0.4, -0.2) is 48.8 Å². The minimum atomic E-state index is -4.11. The summed E-state index contributed by atoms with van der Waals surface area (Å²) in [6.07, 6.45) is 1.21. The molecule has 0 bridgehead atoms. The number of esters is 1. The van der Waals surface area contributed by atoms with Gasteiger partial charge in [0.1, 0.15) is 11.2 Å². The monoisotopic (exact) mass is 297 g/mol. The van der Waals surface area contributed by atoms with Crippen molar-refractivity contribution < 1.29 is 23.1 Å². The van der Waals surface area contributed by atoms with Crippen LogP contribution in [0.2, 0.25) is 5.15 Å². The first kappa shape index (κ1) is 14.9. The summed E-state index contributed by atoms with van der Waals surface area (Å²) in [5.41, 5.74) is 0. The summed E-state index contributed by atoms with van der Waals surface area (Å²) in [4.78, 5) is 14.8. The molecule has 8 nitrogen and oxygen atoms in total. The van der Waals surface area contributed by atoms with E-state index in [1.807, 2.05) is 4.72 Å². The Morgan fingerprint density at radius 2 is 2.33 bits per heavy atom. The van der Waals surface area contributed by atoms with Crippen LogP contribution in [0.1, 0.15) is 0 Å². The molecule has 0 radical (unpaired) electrons. The molecule has 102 valence electrons. The summed E-state index contributed by atoms with van der Waals surface area (Å²) in [6.45, 7) is -0.740. The molecule has 18 heavy (non-hydrogen) atoms. The first-order valence-corrected chi connectivity index (χ1v) is 6.57. The number of carbonyl (C=O) groups is 1. The highest BCUT2D eigenvalue weighted by Gasteiger charge is 2.29. The Hall–Kier alpha value is -1.16. The van der Waals surface area contributed by atoms with Crippen molar-refractivity contribution in [3.63, 3.8) is 0 Å². The number of imidazole rings is 1. The average Bonchev–Trinajstić information content (AvgIpc) is 2.66. The first-order valence-electron chi connectivity index (χ1n) is 4.71. The van der Waals surface area contributed by atoms with Gasteiger partial charge in [0.05, 0.1) is 20.0 Å². The van der Waals surface area contributed by atoms with Gasteiger partial charge < -0.3 is 14.4 Å². The molecule has 10 heteroatoms. The summed E-state index contributed by atoms with van der Waals surface area (Å²) in [5.74, 6) is -0.909. The Morgan fingerprint density at radius 1 is 1.72 bits per heavy atom. The highest BCUT2D eigenvalue weighted by molar-refractivity contribution is 7.89. The fourth-order valence-electron chi connectivity index (χ4n) is 1.12. The number of ether oxygens (including phenoxy) is 1. The Labute approximate surface area is 109 Å². The normalized spacial score (nSPS) is 13.3. The van der Waals surface area contributed by atoms with Gasteiger partial charge in [-0.05, 0) is 0 Å². The van der Waals surface area contributed by atoms with Gasteiger partial charge >= 0.3 is 5.97 Å². The zero-order valence-corrected chi connectivity index (χ0v) is 11.2. The van der Waals surface area contributed by atoms with Crippen LogP contribution in [0.15, 0.2) is 11.4 Å². The largest absolute Gasteiger partial charge is 0.468 e. The number of nitrogens with zero attached hydrogens (tertiary/aromatic N) is 2. The highest BCUT2D eigenvalue weighted by atomic mass is 35.5. The van der Waals surface area contributed by atoms with Gasteiger partial charge in [0.2, 0.25) is 5.03 Å². The van der Waals surface area contributed by atoms with Crippen LogP contribution >= 0.6 is 11.6 Å². The molecule has 0 aliphatic carbocycles. The van der Waals surface area contributed by atoms with Crippen molar-refractivity contribution in [3.05, 3.63) is 11.5 Å².